The van der Waals surface area contributed by atoms with Gasteiger partial charge in [-0.1, -0.05) is 18.2 Å². The first-order chi connectivity index (χ1) is 7.88. The van der Waals surface area contributed by atoms with Gasteiger partial charge >= 0.3 is 0 Å². The molecule has 2 aliphatic heterocycles. The van der Waals surface area contributed by atoms with Gasteiger partial charge in [-0.2, -0.15) is 4.99 Å². The second kappa shape index (κ2) is 4.97. The van der Waals surface area contributed by atoms with Gasteiger partial charge in [-0.15, -0.1) is 0 Å². The maximum Gasteiger partial charge on any atom is 0.251 e. The lowest BCUT2D eigenvalue weighted by molar-refractivity contribution is -0.251. The quantitative estimate of drug-likeness (QED) is 0.669. The Kier molecular flexibility index (Phi) is 3.18. The maximum atomic E-state index is 11.0. The number of carbonyl (C=O) groups excluding carboxylic acids is 1. The SMILES string of the molecule is C1=COON=C1.O=C1NCc2ccccc21. The van der Waals surface area contributed by atoms with E-state index >= 15 is 0 Å². The van der Waals surface area contributed by atoms with E-state index in [2.05, 4.69) is 20.3 Å². The molecular formula is C11H10N2O3. The lowest BCUT2D eigenvalue weighted by atomic mass is 10.1. The number of amides is 1. The molecule has 16 heavy (non-hydrogen) atoms. The molecule has 5 nitrogen and oxygen atoms in total. The van der Waals surface area contributed by atoms with Crippen LogP contribution in [0.25, 0.3) is 0 Å². The van der Waals surface area contributed by atoms with Gasteiger partial charge in [-0.3, -0.25) is 9.68 Å². The Labute approximate surface area is 92.3 Å². The predicted octanol–water partition coefficient (Wildman–Crippen LogP) is 1.38. The Morgan fingerprint density at radius 3 is 2.75 bits per heavy atom. The third-order valence-electron chi connectivity index (χ3n) is 2.07. The van der Waals surface area contributed by atoms with Crippen LogP contribution in [0.2, 0.25) is 0 Å². The van der Waals surface area contributed by atoms with Crippen LogP contribution in [0.1, 0.15) is 15.9 Å². The van der Waals surface area contributed by atoms with Gasteiger partial charge < -0.3 is 5.32 Å². The van der Waals surface area contributed by atoms with E-state index in [4.69, 9.17) is 0 Å². The van der Waals surface area contributed by atoms with Crippen LogP contribution in [-0.4, -0.2) is 12.1 Å². The summed E-state index contributed by atoms with van der Waals surface area (Å²) in [4.78, 5) is 19.2. The van der Waals surface area contributed by atoms with Crippen LogP contribution in [0.15, 0.2) is 41.8 Å². The molecular weight excluding hydrogens is 208 g/mol. The number of hydrogen-bond donors (Lipinski definition) is 1. The van der Waals surface area contributed by atoms with Gasteiger partial charge in [0.05, 0.1) is 6.21 Å². The first kappa shape index (κ1) is 10.2. The average Bonchev–Trinajstić information content (AvgIpc) is 2.75. The minimum Gasteiger partial charge on any atom is -0.348 e. The lowest BCUT2D eigenvalue weighted by Crippen LogP contribution is -2.12. The van der Waals surface area contributed by atoms with E-state index in [9.17, 15) is 4.79 Å². The number of fused-ring (bicyclic) bond motifs is 1. The number of nitrogens with zero attached hydrogens (tertiary/aromatic N) is 1. The molecule has 82 valence electrons. The minimum atomic E-state index is 0.0515. The molecule has 1 amide bonds. The number of nitrogens with one attached hydrogen (secondary N) is 1. The normalized spacial score (nSPS) is 15.1. The number of oxime groups is 1. The minimum absolute atomic E-state index is 0.0515. The molecule has 0 aromatic heterocycles. The maximum absolute atomic E-state index is 11.0. The lowest BCUT2D eigenvalue weighted by Gasteiger charge is -1.92. The summed E-state index contributed by atoms with van der Waals surface area (Å²) in [5.41, 5.74) is 1.93. The van der Waals surface area contributed by atoms with Crippen molar-refractivity contribution in [1.82, 2.24) is 5.32 Å². The molecule has 1 N–H and O–H groups in total. The van der Waals surface area contributed by atoms with Gasteiger partial charge in [-0.05, 0) is 22.9 Å². The Morgan fingerprint density at radius 2 is 2.19 bits per heavy atom. The second-order valence-electron chi connectivity index (χ2n) is 3.09. The third kappa shape index (κ3) is 2.38. The van der Waals surface area contributed by atoms with Crippen molar-refractivity contribution in [1.29, 1.82) is 0 Å². The summed E-state index contributed by atoms with van der Waals surface area (Å²) in [6, 6.07) is 7.63. The highest BCUT2D eigenvalue weighted by molar-refractivity contribution is 5.98. The van der Waals surface area contributed by atoms with Crippen LogP contribution < -0.4 is 5.32 Å². The molecule has 0 radical (unpaired) electrons. The van der Waals surface area contributed by atoms with E-state index in [0.29, 0.717) is 6.54 Å². The third-order valence-corrected chi connectivity index (χ3v) is 2.07. The van der Waals surface area contributed by atoms with Crippen LogP contribution in [-0.2, 0) is 16.4 Å². The monoisotopic (exact) mass is 218 g/mol. The van der Waals surface area contributed by atoms with Crippen molar-refractivity contribution in [2.75, 3.05) is 0 Å². The zero-order valence-corrected chi connectivity index (χ0v) is 8.42. The topological polar surface area (TPSA) is 59.9 Å². The highest BCUT2D eigenvalue weighted by Crippen LogP contribution is 2.13. The van der Waals surface area contributed by atoms with E-state index in [0.717, 1.165) is 11.1 Å². The van der Waals surface area contributed by atoms with Crippen LogP contribution in [0.5, 0.6) is 0 Å². The molecule has 1 aromatic rings. The van der Waals surface area contributed by atoms with Crippen molar-refractivity contribution in [3.05, 3.63) is 47.7 Å². The zero-order chi connectivity index (χ0) is 11.2. The fraction of sp³-hybridized carbons (Fsp3) is 0.0909. The van der Waals surface area contributed by atoms with Gasteiger partial charge in [0, 0.05) is 12.1 Å². The smallest absolute Gasteiger partial charge is 0.251 e. The van der Waals surface area contributed by atoms with E-state index in [1.165, 1.54) is 12.5 Å². The standard InChI is InChI=1S/C8H7NO.C3H3NO2/c10-8-7-4-2-1-3-6(7)5-9-8;1-2-4-6-5-3-1/h1-4H,5H2,(H,9,10);1-3H. The molecule has 0 spiro atoms. The summed E-state index contributed by atoms with van der Waals surface area (Å²) in [6.45, 7) is 0.689. The number of hydrogen-bond acceptors (Lipinski definition) is 4. The van der Waals surface area contributed by atoms with Gasteiger partial charge in [-0.25, -0.2) is 0 Å². The molecule has 0 atom stereocenters. The van der Waals surface area contributed by atoms with Crippen molar-refractivity contribution in [2.45, 2.75) is 6.54 Å². The number of allylic oxidation sites excluding steroid dienone is 1. The molecule has 1 aromatic carbocycles. The van der Waals surface area contributed by atoms with E-state index in [1.54, 1.807) is 6.08 Å². The summed E-state index contributed by atoms with van der Waals surface area (Å²) in [6.07, 6.45) is 4.51. The van der Waals surface area contributed by atoms with Gasteiger partial charge in [0.2, 0.25) is 0 Å². The molecule has 0 saturated carbocycles. The second-order valence-corrected chi connectivity index (χ2v) is 3.09. The molecule has 2 aliphatic rings. The molecule has 2 heterocycles. The largest absolute Gasteiger partial charge is 0.348 e. The summed E-state index contributed by atoms with van der Waals surface area (Å²) in [7, 11) is 0. The molecule has 3 rings (SSSR count). The number of benzene rings is 1. The first-order valence-electron chi connectivity index (χ1n) is 4.75. The van der Waals surface area contributed by atoms with E-state index in [1.807, 2.05) is 24.3 Å². The van der Waals surface area contributed by atoms with Crippen LogP contribution in [0.4, 0.5) is 0 Å². The highest BCUT2D eigenvalue weighted by atomic mass is 17.3. The summed E-state index contributed by atoms with van der Waals surface area (Å²) >= 11 is 0. The number of carbonyl (C=O) groups is 1. The average molecular weight is 218 g/mol. The highest BCUT2D eigenvalue weighted by Gasteiger charge is 2.16. The molecule has 0 fully saturated rings. The fourth-order valence-corrected chi connectivity index (χ4v) is 1.34. The Bertz CT molecular complexity index is 429. The van der Waals surface area contributed by atoms with E-state index < -0.39 is 0 Å². The Hall–Kier alpha value is -2.30. The van der Waals surface area contributed by atoms with Crippen molar-refractivity contribution in [3.63, 3.8) is 0 Å². The molecule has 0 bridgehead atoms. The molecule has 0 aliphatic carbocycles. The Balaban J connectivity index is 0.000000138. The van der Waals surface area contributed by atoms with Crippen LogP contribution >= 0.6 is 0 Å². The van der Waals surface area contributed by atoms with Crippen molar-refractivity contribution >= 4 is 12.1 Å². The Morgan fingerprint density at radius 1 is 1.31 bits per heavy atom. The van der Waals surface area contributed by atoms with Crippen molar-refractivity contribution in [2.24, 2.45) is 5.16 Å². The van der Waals surface area contributed by atoms with Gasteiger partial charge in [0.15, 0.2) is 0 Å². The zero-order valence-electron chi connectivity index (χ0n) is 8.42. The van der Waals surface area contributed by atoms with Gasteiger partial charge in [0.1, 0.15) is 6.26 Å². The number of rotatable bonds is 0. The van der Waals surface area contributed by atoms with Crippen molar-refractivity contribution < 1.29 is 14.7 Å². The predicted molar refractivity (Wildman–Crippen MR) is 57.4 cm³/mol. The molecule has 0 unspecified atom stereocenters. The first-order valence-corrected chi connectivity index (χ1v) is 4.75. The van der Waals surface area contributed by atoms with Gasteiger partial charge in [0.25, 0.3) is 5.91 Å². The van der Waals surface area contributed by atoms with Crippen LogP contribution in [0.3, 0.4) is 0 Å². The molecule has 5 heteroatoms. The molecule has 0 saturated heterocycles. The van der Waals surface area contributed by atoms with Crippen LogP contribution in [0, 0.1) is 0 Å². The summed E-state index contributed by atoms with van der Waals surface area (Å²) in [5.74, 6) is 0.0515. The summed E-state index contributed by atoms with van der Waals surface area (Å²) < 4.78 is 0. The van der Waals surface area contributed by atoms with Crippen molar-refractivity contribution in [3.8, 4) is 0 Å². The fourth-order valence-electron chi connectivity index (χ4n) is 1.34. The van der Waals surface area contributed by atoms with E-state index in [-0.39, 0.29) is 5.91 Å². The summed E-state index contributed by atoms with van der Waals surface area (Å²) in [5, 5.41) is 5.99.